The van der Waals surface area contributed by atoms with Crippen LogP contribution in [0.1, 0.15) is 6.42 Å². The Kier molecular flexibility index (Phi) is 6.30. The molecule has 1 aliphatic rings. The number of nitrogens with one attached hydrogen (secondary N) is 1. The van der Waals surface area contributed by atoms with Crippen molar-refractivity contribution in [2.24, 2.45) is 0 Å². The summed E-state index contributed by atoms with van der Waals surface area (Å²) < 4.78 is 21.1. The van der Waals surface area contributed by atoms with Gasteiger partial charge in [-0.2, -0.15) is 0 Å². The molecule has 0 aliphatic carbocycles. The number of benzene rings is 1. The minimum atomic E-state index is -0.387. The summed E-state index contributed by atoms with van der Waals surface area (Å²) in [6.07, 6.45) is 0.809. The summed E-state index contributed by atoms with van der Waals surface area (Å²) in [6, 6.07) is 7.09. The molecule has 1 aromatic rings. The van der Waals surface area contributed by atoms with Crippen LogP contribution < -0.4 is 14.8 Å². The maximum Gasteiger partial charge on any atom is 0.344 e. The number of methoxy groups -OCH3 is 1. The Bertz CT molecular complexity index is 445. The van der Waals surface area contributed by atoms with E-state index >= 15 is 0 Å². The van der Waals surface area contributed by atoms with E-state index < -0.39 is 0 Å². The molecule has 1 atom stereocenters. The van der Waals surface area contributed by atoms with E-state index in [1.54, 1.807) is 25.3 Å². The van der Waals surface area contributed by atoms with Crippen molar-refractivity contribution in [3.63, 3.8) is 0 Å². The molecule has 2 rings (SSSR count). The quantitative estimate of drug-likeness (QED) is 0.757. The first kappa shape index (κ1) is 15.6. The maximum atomic E-state index is 11.6. The summed E-state index contributed by atoms with van der Waals surface area (Å²) in [7, 11) is 1.58. The van der Waals surface area contributed by atoms with Crippen molar-refractivity contribution in [1.82, 2.24) is 5.32 Å². The third kappa shape index (κ3) is 5.61. The van der Waals surface area contributed by atoms with Crippen molar-refractivity contribution >= 4 is 5.97 Å². The second-order valence-corrected chi connectivity index (χ2v) is 4.67. The van der Waals surface area contributed by atoms with Crippen LogP contribution in [0.4, 0.5) is 0 Å². The van der Waals surface area contributed by atoms with Crippen LogP contribution in [0.5, 0.6) is 11.5 Å². The topological polar surface area (TPSA) is 66.0 Å². The van der Waals surface area contributed by atoms with Crippen LogP contribution in [-0.4, -0.2) is 52.1 Å². The molecule has 0 amide bonds. The van der Waals surface area contributed by atoms with E-state index in [1.807, 2.05) is 6.07 Å². The van der Waals surface area contributed by atoms with E-state index in [0.717, 1.165) is 13.1 Å². The molecular weight excluding hydrogens is 274 g/mol. The van der Waals surface area contributed by atoms with Crippen LogP contribution >= 0.6 is 0 Å². The van der Waals surface area contributed by atoms with E-state index in [4.69, 9.17) is 18.9 Å². The van der Waals surface area contributed by atoms with Crippen molar-refractivity contribution in [1.29, 1.82) is 0 Å². The van der Waals surface area contributed by atoms with Crippen LogP contribution in [0.3, 0.4) is 0 Å². The van der Waals surface area contributed by atoms with Crippen molar-refractivity contribution in [2.45, 2.75) is 12.5 Å². The minimum Gasteiger partial charge on any atom is -0.497 e. The first-order chi connectivity index (χ1) is 10.3. The molecule has 0 saturated carbocycles. The second kappa shape index (κ2) is 8.49. The lowest BCUT2D eigenvalue weighted by Crippen LogP contribution is -2.39. The average molecular weight is 295 g/mol. The Morgan fingerprint density at radius 2 is 2.29 bits per heavy atom. The van der Waals surface area contributed by atoms with E-state index in [-0.39, 0.29) is 18.7 Å². The van der Waals surface area contributed by atoms with Gasteiger partial charge in [0.15, 0.2) is 6.61 Å². The fourth-order valence-corrected chi connectivity index (χ4v) is 1.98. The van der Waals surface area contributed by atoms with Gasteiger partial charge < -0.3 is 24.3 Å². The highest BCUT2D eigenvalue weighted by molar-refractivity contribution is 5.71. The SMILES string of the molecule is COc1cccc(OCC(=O)OCCC2CNCCO2)c1. The Labute approximate surface area is 124 Å². The summed E-state index contributed by atoms with van der Waals surface area (Å²) in [5, 5.41) is 3.23. The number of hydrogen-bond acceptors (Lipinski definition) is 6. The molecule has 6 heteroatoms. The zero-order chi connectivity index (χ0) is 14.9. The van der Waals surface area contributed by atoms with Gasteiger partial charge in [0.1, 0.15) is 11.5 Å². The van der Waals surface area contributed by atoms with Crippen LogP contribution in [0, 0.1) is 0 Å². The molecule has 0 radical (unpaired) electrons. The zero-order valence-corrected chi connectivity index (χ0v) is 12.2. The van der Waals surface area contributed by atoms with Gasteiger partial charge in [-0.05, 0) is 12.1 Å². The first-order valence-corrected chi connectivity index (χ1v) is 7.02. The standard InChI is InChI=1S/C15H21NO5/c1-18-12-3-2-4-13(9-12)21-11-15(17)20-7-5-14-10-16-6-8-19-14/h2-4,9,14,16H,5-8,10-11H2,1H3. The highest BCUT2D eigenvalue weighted by Crippen LogP contribution is 2.18. The molecule has 1 fully saturated rings. The van der Waals surface area contributed by atoms with Gasteiger partial charge in [-0.3, -0.25) is 0 Å². The molecule has 0 bridgehead atoms. The molecule has 0 aromatic heterocycles. The molecule has 0 spiro atoms. The molecule has 21 heavy (non-hydrogen) atoms. The van der Waals surface area contributed by atoms with Crippen LogP contribution in [-0.2, 0) is 14.3 Å². The second-order valence-electron chi connectivity index (χ2n) is 4.67. The monoisotopic (exact) mass is 295 g/mol. The van der Waals surface area contributed by atoms with Gasteiger partial charge in [-0.1, -0.05) is 6.07 Å². The largest absolute Gasteiger partial charge is 0.497 e. The predicted molar refractivity (Wildman–Crippen MR) is 76.7 cm³/mol. The molecule has 6 nitrogen and oxygen atoms in total. The molecule has 1 N–H and O–H groups in total. The smallest absolute Gasteiger partial charge is 0.344 e. The number of rotatable bonds is 7. The van der Waals surface area contributed by atoms with Gasteiger partial charge in [0, 0.05) is 25.6 Å². The summed E-state index contributed by atoms with van der Waals surface area (Å²) in [5.41, 5.74) is 0. The van der Waals surface area contributed by atoms with E-state index in [9.17, 15) is 4.79 Å². The van der Waals surface area contributed by atoms with Gasteiger partial charge in [0.2, 0.25) is 0 Å². The number of ether oxygens (including phenoxy) is 4. The third-order valence-corrected chi connectivity index (χ3v) is 3.11. The molecule has 1 aliphatic heterocycles. The zero-order valence-electron chi connectivity index (χ0n) is 12.2. The maximum absolute atomic E-state index is 11.6. The summed E-state index contributed by atoms with van der Waals surface area (Å²) in [4.78, 5) is 11.6. The lowest BCUT2D eigenvalue weighted by atomic mass is 10.2. The van der Waals surface area contributed by atoms with Crippen molar-refractivity contribution in [3.05, 3.63) is 24.3 Å². The molecule has 116 valence electrons. The Morgan fingerprint density at radius 3 is 3.05 bits per heavy atom. The Balaban J connectivity index is 1.62. The number of esters is 1. The highest BCUT2D eigenvalue weighted by atomic mass is 16.6. The fourth-order valence-electron chi connectivity index (χ4n) is 1.98. The van der Waals surface area contributed by atoms with Crippen molar-refractivity contribution in [3.8, 4) is 11.5 Å². The summed E-state index contributed by atoms with van der Waals surface area (Å²) in [5.74, 6) is 0.871. The van der Waals surface area contributed by atoms with Crippen LogP contribution in [0.2, 0.25) is 0 Å². The minimum absolute atomic E-state index is 0.114. The lowest BCUT2D eigenvalue weighted by Gasteiger charge is -2.23. The molecule has 1 unspecified atom stereocenters. The Hall–Kier alpha value is -1.79. The number of morpholine rings is 1. The number of carbonyl (C=O) groups excluding carboxylic acids is 1. The molecule has 1 heterocycles. The third-order valence-electron chi connectivity index (χ3n) is 3.11. The molecule has 1 aromatic carbocycles. The first-order valence-electron chi connectivity index (χ1n) is 7.02. The van der Waals surface area contributed by atoms with Gasteiger partial charge in [-0.15, -0.1) is 0 Å². The van der Waals surface area contributed by atoms with Gasteiger partial charge in [0.25, 0.3) is 0 Å². The van der Waals surface area contributed by atoms with Crippen LogP contribution in [0.25, 0.3) is 0 Å². The van der Waals surface area contributed by atoms with E-state index in [2.05, 4.69) is 5.32 Å². The van der Waals surface area contributed by atoms with E-state index in [0.29, 0.717) is 31.1 Å². The average Bonchev–Trinajstić information content (AvgIpc) is 2.54. The molecule has 1 saturated heterocycles. The predicted octanol–water partition coefficient (Wildman–Crippen LogP) is 0.996. The molecular formula is C15H21NO5. The van der Waals surface area contributed by atoms with Crippen LogP contribution in [0.15, 0.2) is 24.3 Å². The number of carbonyl (C=O) groups is 1. The lowest BCUT2D eigenvalue weighted by molar-refractivity contribution is -0.147. The van der Waals surface area contributed by atoms with Crippen molar-refractivity contribution < 1.29 is 23.7 Å². The Morgan fingerprint density at radius 1 is 1.43 bits per heavy atom. The highest BCUT2D eigenvalue weighted by Gasteiger charge is 2.14. The van der Waals surface area contributed by atoms with Gasteiger partial charge >= 0.3 is 5.97 Å². The van der Waals surface area contributed by atoms with Gasteiger partial charge in [-0.25, -0.2) is 4.79 Å². The summed E-state index contributed by atoms with van der Waals surface area (Å²) >= 11 is 0. The number of hydrogen-bond donors (Lipinski definition) is 1. The van der Waals surface area contributed by atoms with Crippen molar-refractivity contribution in [2.75, 3.05) is 40.0 Å². The normalized spacial score (nSPS) is 18.0. The summed E-state index contributed by atoms with van der Waals surface area (Å²) in [6.45, 7) is 2.61. The van der Waals surface area contributed by atoms with E-state index in [1.165, 1.54) is 0 Å². The fraction of sp³-hybridized carbons (Fsp3) is 0.533. The van der Waals surface area contributed by atoms with Gasteiger partial charge in [0.05, 0.1) is 26.4 Å².